The SMILES string of the molecule is O=C(c1ccc(OC[C@H]2CCCO2)cc1)N1CCN(c2ccc(F)cc2)CC1. The molecule has 0 aliphatic carbocycles. The molecule has 2 heterocycles. The first kappa shape index (κ1) is 18.7. The summed E-state index contributed by atoms with van der Waals surface area (Å²) in [5, 5.41) is 0. The Morgan fingerprint density at radius 2 is 1.75 bits per heavy atom. The average molecular weight is 384 g/mol. The molecule has 28 heavy (non-hydrogen) atoms. The molecular weight excluding hydrogens is 359 g/mol. The maximum absolute atomic E-state index is 13.1. The molecule has 1 amide bonds. The second-order valence-electron chi connectivity index (χ2n) is 7.23. The summed E-state index contributed by atoms with van der Waals surface area (Å²) in [6, 6.07) is 13.8. The summed E-state index contributed by atoms with van der Waals surface area (Å²) >= 11 is 0. The lowest BCUT2D eigenvalue weighted by atomic mass is 10.1. The monoisotopic (exact) mass is 384 g/mol. The second-order valence-corrected chi connectivity index (χ2v) is 7.23. The predicted octanol–water partition coefficient (Wildman–Crippen LogP) is 3.35. The number of carbonyl (C=O) groups is 1. The largest absolute Gasteiger partial charge is 0.491 e. The van der Waals surface area contributed by atoms with E-state index in [9.17, 15) is 9.18 Å². The molecule has 0 bridgehead atoms. The summed E-state index contributed by atoms with van der Waals surface area (Å²) in [6.07, 6.45) is 2.31. The highest BCUT2D eigenvalue weighted by molar-refractivity contribution is 5.94. The van der Waals surface area contributed by atoms with Crippen molar-refractivity contribution in [2.45, 2.75) is 18.9 Å². The van der Waals surface area contributed by atoms with Crippen LogP contribution in [0.4, 0.5) is 10.1 Å². The first-order valence-corrected chi connectivity index (χ1v) is 9.83. The van der Waals surface area contributed by atoms with Crippen molar-refractivity contribution in [2.75, 3.05) is 44.3 Å². The molecule has 0 unspecified atom stereocenters. The predicted molar refractivity (Wildman–Crippen MR) is 105 cm³/mol. The van der Waals surface area contributed by atoms with Gasteiger partial charge in [-0.05, 0) is 61.4 Å². The smallest absolute Gasteiger partial charge is 0.253 e. The van der Waals surface area contributed by atoms with E-state index >= 15 is 0 Å². The van der Waals surface area contributed by atoms with Gasteiger partial charge in [-0.3, -0.25) is 4.79 Å². The number of ether oxygens (including phenoxy) is 2. The zero-order chi connectivity index (χ0) is 19.3. The van der Waals surface area contributed by atoms with Gasteiger partial charge in [-0.15, -0.1) is 0 Å². The standard InChI is InChI=1S/C22H25FN2O3/c23-18-5-7-19(8-6-18)24-11-13-25(14-12-24)22(26)17-3-9-20(10-4-17)28-16-21-2-1-15-27-21/h3-10,21H,1-2,11-16H2/t21-/m1/s1. The molecular formula is C22H25FN2O3. The number of piperazine rings is 1. The molecule has 0 N–H and O–H groups in total. The van der Waals surface area contributed by atoms with Crippen molar-refractivity contribution in [1.82, 2.24) is 4.90 Å². The van der Waals surface area contributed by atoms with Crippen LogP contribution in [0.2, 0.25) is 0 Å². The van der Waals surface area contributed by atoms with Gasteiger partial charge in [0.1, 0.15) is 18.2 Å². The average Bonchev–Trinajstić information content (AvgIpc) is 3.27. The lowest BCUT2D eigenvalue weighted by molar-refractivity contribution is 0.0678. The van der Waals surface area contributed by atoms with E-state index in [4.69, 9.17) is 9.47 Å². The Bertz CT molecular complexity index is 780. The van der Waals surface area contributed by atoms with Gasteiger partial charge in [-0.1, -0.05) is 0 Å². The van der Waals surface area contributed by atoms with E-state index < -0.39 is 0 Å². The van der Waals surface area contributed by atoms with Gasteiger partial charge in [0.25, 0.3) is 5.91 Å². The molecule has 2 aliphatic rings. The molecule has 0 aromatic heterocycles. The van der Waals surface area contributed by atoms with Crippen LogP contribution in [0.25, 0.3) is 0 Å². The summed E-state index contributed by atoms with van der Waals surface area (Å²) in [5.41, 5.74) is 1.65. The molecule has 5 nitrogen and oxygen atoms in total. The van der Waals surface area contributed by atoms with Crippen LogP contribution in [0.15, 0.2) is 48.5 Å². The highest BCUT2D eigenvalue weighted by Crippen LogP contribution is 2.20. The van der Waals surface area contributed by atoms with E-state index in [-0.39, 0.29) is 17.8 Å². The minimum atomic E-state index is -0.235. The summed E-state index contributed by atoms with van der Waals surface area (Å²) in [7, 11) is 0. The van der Waals surface area contributed by atoms with Crippen LogP contribution >= 0.6 is 0 Å². The molecule has 0 radical (unpaired) electrons. The van der Waals surface area contributed by atoms with Crippen LogP contribution in [0.1, 0.15) is 23.2 Å². The van der Waals surface area contributed by atoms with E-state index in [1.807, 2.05) is 29.2 Å². The molecule has 2 aliphatic heterocycles. The third-order valence-electron chi connectivity index (χ3n) is 5.32. The fourth-order valence-corrected chi connectivity index (χ4v) is 3.66. The quantitative estimate of drug-likeness (QED) is 0.793. The number of benzene rings is 2. The summed E-state index contributed by atoms with van der Waals surface area (Å²) in [4.78, 5) is 16.8. The number of amides is 1. The van der Waals surface area contributed by atoms with Gasteiger partial charge in [0.2, 0.25) is 0 Å². The van der Waals surface area contributed by atoms with Gasteiger partial charge >= 0.3 is 0 Å². The van der Waals surface area contributed by atoms with Crippen LogP contribution in [-0.2, 0) is 4.74 Å². The van der Waals surface area contributed by atoms with Crippen LogP contribution in [-0.4, -0.2) is 56.3 Å². The van der Waals surface area contributed by atoms with E-state index in [0.717, 1.165) is 44.0 Å². The van der Waals surface area contributed by atoms with E-state index in [2.05, 4.69) is 4.90 Å². The molecule has 0 spiro atoms. The van der Waals surface area contributed by atoms with E-state index in [1.54, 1.807) is 12.1 Å². The Balaban J connectivity index is 1.29. The fourth-order valence-electron chi connectivity index (χ4n) is 3.66. The zero-order valence-electron chi connectivity index (χ0n) is 15.9. The molecule has 2 saturated heterocycles. The van der Waals surface area contributed by atoms with Crippen molar-refractivity contribution < 1.29 is 18.7 Å². The maximum Gasteiger partial charge on any atom is 0.253 e. The Morgan fingerprint density at radius 3 is 2.39 bits per heavy atom. The number of carbonyl (C=O) groups excluding carboxylic acids is 1. The Kier molecular flexibility index (Phi) is 5.76. The molecule has 4 rings (SSSR count). The molecule has 148 valence electrons. The van der Waals surface area contributed by atoms with E-state index in [1.165, 1.54) is 12.1 Å². The van der Waals surface area contributed by atoms with Crippen molar-refractivity contribution in [3.63, 3.8) is 0 Å². The number of anilines is 1. The molecule has 2 aromatic carbocycles. The van der Waals surface area contributed by atoms with Crippen molar-refractivity contribution in [3.05, 3.63) is 59.9 Å². The lowest BCUT2D eigenvalue weighted by Crippen LogP contribution is -2.48. The first-order valence-electron chi connectivity index (χ1n) is 9.83. The van der Waals surface area contributed by atoms with Gasteiger partial charge in [0, 0.05) is 44.0 Å². The summed E-state index contributed by atoms with van der Waals surface area (Å²) in [6.45, 7) is 4.13. The van der Waals surface area contributed by atoms with Crippen molar-refractivity contribution >= 4 is 11.6 Å². The van der Waals surface area contributed by atoms with Crippen molar-refractivity contribution in [1.29, 1.82) is 0 Å². The number of nitrogens with zero attached hydrogens (tertiary/aromatic N) is 2. The topological polar surface area (TPSA) is 42.0 Å². The minimum absolute atomic E-state index is 0.0319. The van der Waals surface area contributed by atoms with Gasteiger partial charge < -0.3 is 19.3 Å². The van der Waals surface area contributed by atoms with Crippen LogP contribution in [0.3, 0.4) is 0 Å². The normalized spacial score (nSPS) is 19.7. The van der Waals surface area contributed by atoms with Crippen LogP contribution in [0.5, 0.6) is 5.75 Å². The first-order chi connectivity index (χ1) is 13.7. The number of hydrogen-bond acceptors (Lipinski definition) is 4. The van der Waals surface area contributed by atoms with Gasteiger partial charge in [0.15, 0.2) is 0 Å². The Morgan fingerprint density at radius 1 is 1.04 bits per heavy atom. The summed E-state index contributed by atoms with van der Waals surface area (Å²) in [5.74, 6) is 0.554. The summed E-state index contributed by atoms with van der Waals surface area (Å²) < 4.78 is 24.4. The van der Waals surface area contributed by atoms with Gasteiger partial charge in [0.05, 0.1) is 6.10 Å². The third-order valence-corrected chi connectivity index (χ3v) is 5.32. The molecule has 1 atom stereocenters. The Hall–Kier alpha value is -2.60. The van der Waals surface area contributed by atoms with Gasteiger partial charge in [-0.2, -0.15) is 0 Å². The molecule has 2 fully saturated rings. The zero-order valence-corrected chi connectivity index (χ0v) is 15.9. The fraction of sp³-hybridized carbons (Fsp3) is 0.409. The van der Waals surface area contributed by atoms with Crippen molar-refractivity contribution in [3.8, 4) is 5.75 Å². The highest BCUT2D eigenvalue weighted by atomic mass is 19.1. The molecule has 2 aromatic rings. The Labute approximate surface area is 164 Å². The third kappa shape index (κ3) is 4.44. The van der Waals surface area contributed by atoms with Crippen molar-refractivity contribution in [2.24, 2.45) is 0 Å². The lowest BCUT2D eigenvalue weighted by Gasteiger charge is -2.36. The van der Waals surface area contributed by atoms with Crippen LogP contribution in [0, 0.1) is 5.82 Å². The minimum Gasteiger partial charge on any atom is -0.491 e. The number of halogens is 1. The number of hydrogen-bond donors (Lipinski definition) is 0. The maximum atomic E-state index is 13.1. The van der Waals surface area contributed by atoms with Crippen LogP contribution < -0.4 is 9.64 Å². The van der Waals surface area contributed by atoms with E-state index in [0.29, 0.717) is 25.3 Å². The van der Waals surface area contributed by atoms with Gasteiger partial charge in [-0.25, -0.2) is 4.39 Å². The second kappa shape index (κ2) is 8.61. The molecule has 6 heteroatoms. The molecule has 0 saturated carbocycles. The highest BCUT2D eigenvalue weighted by Gasteiger charge is 2.22. The number of rotatable bonds is 5.